The highest BCUT2D eigenvalue weighted by molar-refractivity contribution is 6.35. The van der Waals surface area contributed by atoms with Crippen molar-refractivity contribution < 1.29 is 9.50 Å². The summed E-state index contributed by atoms with van der Waals surface area (Å²) in [5.74, 6) is -0.545. The molecular formula is C12H16Cl2FNO. The monoisotopic (exact) mass is 279 g/mol. The molecule has 0 saturated carbocycles. The van der Waals surface area contributed by atoms with Crippen molar-refractivity contribution in [1.82, 2.24) is 5.32 Å². The number of aliphatic hydroxyl groups is 1. The lowest BCUT2D eigenvalue weighted by atomic mass is 9.92. The molecule has 0 aromatic heterocycles. The van der Waals surface area contributed by atoms with Crippen LogP contribution in [0.15, 0.2) is 12.1 Å². The maximum atomic E-state index is 13.5. The Morgan fingerprint density at radius 2 is 1.94 bits per heavy atom. The summed E-state index contributed by atoms with van der Waals surface area (Å²) >= 11 is 11.7. The van der Waals surface area contributed by atoms with Crippen molar-refractivity contribution in [3.05, 3.63) is 33.6 Å². The van der Waals surface area contributed by atoms with Crippen molar-refractivity contribution in [3.63, 3.8) is 0 Å². The predicted octanol–water partition coefficient (Wildman–Crippen LogP) is 3.34. The van der Waals surface area contributed by atoms with Gasteiger partial charge in [0.05, 0.1) is 17.2 Å². The van der Waals surface area contributed by atoms with E-state index >= 15 is 0 Å². The second-order valence-electron chi connectivity index (χ2n) is 4.54. The molecule has 0 spiro atoms. The summed E-state index contributed by atoms with van der Waals surface area (Å²) in [6.45, 7) is 5.45. The first-order valence-corrected chi connectivity index (χ1v) is 6.09. The van der Waals surface area contributed by atoms with E-state index in [-0.39, 0.29) is 17.7 Å². The fraction of sp³-hybridized carbons (Fsp3) is 0.500. The summed E-state index contributed by atoms with van der Waals surface area (Å²) in [7, 11) is 0. The van der Waals surface area contributed by atoms with Crippen molar-refractivity contribution in [2.45, 2.75) is 32.4 Å². The van der Waals surface area contributed by atoms with Gasteiger partial charge in [0.25, 0.3) is 0 Å². The molecule has 0 amide bonds. The van der Waals surface area contributed by atoms with Crippen LogP contribution < -0.4 is 5.32 Å². The van der Waals surface area contributed by atoms with Crippen LogP contribution in [-0.4, -0.2) is 17.8 Å². The average Bonchev–Trinajstić information content (AvgIpc) is 2.22. The van der Waals surface area contributed by atoms with E-state index in [1.54, 1.807) is 6.92 Å². The Morgan fingerprint density at radius 3 is 2.41 bits per heavy atom. The van der Waals surface area contributed by atoms with Crippen LogP contribution in [-0.2, 0) is 5.54 Å². The number of nitrogens with one attached hydrogen (secondary N) is 1. The molecule has 2 N–H and O–H groups in total. The lowest BCUT2D eigenvalue weighted by Gasteiger charge is -2.32. The molecule has 1 aromatic rings. The second-order valence-corrected chi connectivity index (χ2v) is 5.35. The molecule has 1 aromatic carbocycles. The van der Waals surface area contributed by atoms with E-state index in [2.05, 4.69) is 5.32 Å². The van der Waals surface area contributed by atoms with Crippen LogP contribution >= 0.6 is 23.2 Å². The molecule has 0 heterocycles. The van der Waals surface area contributed by atoms with Crippen molar-refractivity contribution >= 4 is 23.2 Å². The number of benzene rings is 1. The highest BCUT2D eigenvalue weighted by Gasteiger charge is 2.29. The number of hydrogen-bond acceptors (Lipinski definition) is 2. The van der Waals surface area contributed by atoms with Gasteiger partial charge in [-0.25, -0.2) is 4.39 Å². The standard InChI is InChI=1S/C12H16Cl2FNO/c1-7(2)16-12(3,6-17)8-4-11(15)10(14)5-9(8)13/h4-5,7,16-17H,6H2,1-3H3. The Balaban J connectivity index is 3.24. The molecule has 1 rings (SSSR count). The van der Waals surface area contributed by atoms with Crippen molar-refractivity contribution in [2.24, 2.45) is 0 Å². The minimum absolute atomic E-state index is 0.0245. The van der Waals surface area contributed by atoms with Gasteiger partial charge in [-0.05, 0) is 38.5 Å². The van der Waals surface area contributed by atoms with Crippen LogP contribution in [0.1, 0.15) is 26.3 Å². The quantitative estimate of drug-likeness (QED) is 0.829. The van der Waals surface area contributed by atoms with E-state index in [0.29, 0.717) is 10.6 Å². The molecular weight excluding hydrogens is 264 g/mol. The lowest BCUT2D eigenvalue weighted by molar-refractivity contribution is 0.166. The Kier molecular flexibility index (Phi) is 4.78. The summed E-state index contributed by atoms with van der Waals surface area (Å²) < 4.78 is 13.5. The molecule has 1 unspecified atom stereocenters. The first kappa shape index (κ1) is 14.7. The van der Waals surface area contributed by atoms with Gasteiger partial charge in [0.1, 0.15) is 5.82 Å². The average molecular weight is 280 g/mol. The van der Waals surface area contributed by atoms with E-state index in [9.17, 15) is 9.50 Å². The smallest absolute Gasteiger partial charge is 0.142 e. The number of rotatable bonds is 4. The van der Waals surface area contributed by atoms with E-state index < -0.39 is 11.4 Å². The molecule has 0 aliphatic heterocycles. The Labute approximate surface area is 111 Å². The molecule has 0 aliphatic rings. The Bertz CT molecular complexity index is 412. The maximum absolute atomic E-state index is 13.5. The van der Waals surface area contributed by atoms with Gasteiger partial charge in [-0.15, -0.1) is 0 Å². The van der Waals surface area contributed by atoms with Gasteiger partial charge in [0.2, 0.25) is 0 Å². The van der Waals surface area contributed by atoms with Crippen LogP contribution in [0.3, 0.4) is 0 Å². The third kappa shape index (κ3) is 3.32. The zero-order chi connectivity index (χ0) is 13.2. The van der Waals surface area contributed by atoms with Gasteiger partial charge in [0, 0.05) is 11.1 Å². The highest BCUT2D eigenvalue weighted by Crippen LogP contribution is 2.32. The number of aliphatic hydroxyl groups excluding tert-OH is 1. The lowest BCUT2D eigenvalue weighted by Crippen LogP contribution is -2.46. The molecule has 0 saturated heterocycles. The van der Waals surface area contributed by atoms with Gasteiger partial charge in [-0.2, -0.15) is 0 Å². The zero-order valence-electron chi connectivity index (χ0n) is 10.0. The zero-order valence-corrected chi connectivity index (χ0v) is 11.5. The van der Waals surface area contributed by atoms with Crippen molar-refractivity contribution in [2.75, 3.05) is 6.61 Å². The van der Waals surface area contributed by atoms with Gasteiger partial charge in [0.15, 0.2) is 0 Å². The molecule has 2 nitrogen and oxygen atoms in total. The number of halogens is 3. The van der Waals surface area contributed by atoms with Gasteiger partial charge in [-0.1, -0.05) is 23.2 Å². The van der Waals surface area contributed by atoms with Crippen molar-refractivity contribution in [3.8, 4) is 0 Å². The topological polar surface area (TPSA) is 32.3 Å². The highest BCUT2D eigenvalue weighted by atomic mass is 35.5. The summed E-state index contributed by atoms with van der Waals surface area (Å²) in [5, 5.41) is 13.0. The largest absolute Gasteiger partial charge is 0.394 e. The van der Waals surface area contributed by atoms with Gasteiger partial charge < -0.3 is 10.4 Å². The molecule has 17 heavy (non-hydrogen) atoms. The summed E-state index contributed by atoms with van der Waals surface area (Å²) in [6, 6.07) is 2.74. The molecule has 0 aliphatic carbocycles. The third-order valence-electron chi connectivity index (χ3n) is 2.53. The molecule has 0 bridgehead atoms. The first-order chi connectivity index (χ1) is 7.80. The molecule has 5 heteroatoms. The van der Waals surface area contributed by atoms with E-state index in [0.717, 1.165) is 0 Å². The maximum Gasteiger partial charge on any atom is 0.142 e. The van der Waals surface area contributed by atoms with Crippen LogP contribution in [0.4, 0.5) is 4.39 Å². The van der Waals surface area contributed by atoms with Crippen LogP contribution in [0.2, 0.25) is 10.0 Å². The van der Waals surface area contributed by atoms with Crippen molar-refractivity contribution in [1.29, 1.82) is 0 Å². The van der Waals surface area contributed by atoms with Gasteiger partial charge >= 0.3 is 0 Å². The summed E-state index contributed by atoms with van der Waals surface area (Å²) in [6.07, 6.45) is 0. The Morgan fingerprint density at radius 1 is 1.35 bits per heavy atom. The molecule has 1 atom stereocenters. The fourth-order valence-electron chi connectivity index (χ4n) is 1.79. The minimum Gasteiger partial charge on any atom is -0.394 e. The predicted molar refractivity (Wildman–Crippen MR) is 69.1 cm³/mol. The van der Waals surface area contributed by atoms with Crippen LogP contribution in [0.5, 0.6) is 0 Å². The van der Waals surface area contributed by atoms with E-state index in [1.807, 2.05) is 13.8 Å². The molecule has 96 valence electrons. The molecule has 0 fully saturated rings. The number of hydrogen-bond donors (Lipinski definition) is 2. The summed E-state index contributed by atoms with van der Waals surface area (Å²) in [4.78, 5) is 0. The van der Waals surface area contributed by atoms with Gasteiger partial charge in [-0.3, -0.25) is 0 Å². The SMILES string of the molecule is CC(C)NC(C)(CO)c1cc(F)c(Cl)cc1Cl. The fourth-order valence-corrected chi connectivity index (χ4v) is 2.38. The molecule has 0 radical (unpaired) electrons. The van der Waals surface area contributed by atoms with E-state index in [1.165, 1.54) is 12.1 Å². The second kappa shape index (κ2) is 5.53. The Hall–Kier alpha value is -0.350. The summed E-state index contributed by atoms with van der Waals surface area (Å²) in [5.41, 5.74) is -0.297. The third-order valence-corrected chi connectivity index (χ3v) is 3.13. The first-order valence-electron chi connectivity index (χ1n) is 5.33. The minimum atomic E-state index is -0.795. The van der Waals surface area contributed by atoms with Crippen LogP contribution in [0.25, 0.3) is 0 Å². The van der Waals surface area contributed by atoms with E-state index in [4.69, 9.17) is 23.2 Å². The van der Waals surface area contributed by atoms with Crippen LogP contribution in [0, 0.1) is 5.82 Å². The normalized spacial score (nSPS) is 15.1.